The van der Waals surface area contributed by atoms with Crippen LogP contribution in [0.25, 0.3) is 11.2 Å². The molecular weight excluding hydrogens is 394 g/mol. The van der Waals surface area contributed by atoms with Gasteiger partial charge < -0.3 is 9.64 Å². The molecule has 0 N–H and O–H groups in total. The maximum absolute atomic E-state index is 6.19. The van der Waals surface area contributed by atoms with E-state index in [1.807, 2.05) is 24.4 Å². The van der Waals surface area contributed by atoms with Crippen LogP contribution in [-0.4, -0.2) is 46.2 Å². The lowest BCUT2D eigenvalue weighted by atomic mass is 9.78. The van der Waals surface area contributed by atoms with Crippen LogP contribution in [0.15, 0.2) is 46.7 Å². The van der Waals surface area contributed by atoms with E-state index in [-0.39, 0.29) is 0 Å². The number of pyridine rings is 2. The van der Waals surface area contributed by atoms with Crippen LogP contribution in [0.2, 0.25) is 5.02 Å². The fourth-order valence-electron chi connectivity index (χ4n) is 3.90. The molecule has 0 aromatic carbocycles. The Balaban J connectivity index is 1.33. The van der Waals surface area contributed by atoms with E-state index in [1.165, 1.54) is 18.2 Å². The van der Waals surface area contributed by atoms with E-state index < -0.39 is 0 Å². The second-order valence-electron chi connectivity index (χ2n) is 7.42. The summed E-state index contributed by atoms with van der Waals surface area (Å²) in [4.78, 5) is 21.3. The summed E-state index contributed by atoms with van der Waals surface area (Å²) >= 11 is 7.69. The van der Waals surface area contributed by atoms with Crippen LogP contribution in [0.1, 0.15) is 19.3 Å². The van der Waals surface area contributed by atoms with E-state index in [1.54, 1.807) is 12.4 Å². The maximum atomic E-state index is 6.19. The summed E-state index contributed by atoms with van der Waals surface area (Å²) in [6, 6.07) is 5.82. The summed E-state index contributed by atoms with van der Waals surface area (Å²) in [5.41, 5.74) is 1.85. The van der Waals surface area contributed by atoms with Crippen molar-refractivity contribution < 1.29 is 4.74 Å². The molecule has 0 amide bonds. The summed E-state index contributed by atoms with van der Waals surface area (Å²) in [5, 5.41) is 1.45. The topological polar surface area (TPSA) is 64.0 Å². The molecular formula is C20H20ClN5OS. The average molecular weight is 414 g/mol. The number of piperidine rings is 1. The van der Waals surface area contributed by atoms with Gasteiger partial charge in [-0.3, -0.25) is 4.98 Å². The summed E-state index contributed by atoms with van der Waals surface area (Å²) in [7, 11) is 0. The molecule has 0 unspecified atom stereocenters. The molecule has 2 fully saturated rings. The van der Waals surface area contributed by atoms with Gasteiger partial charge in [-0.05, 0) is 42.9 Å². The van der Waals surface area contributed by atoms with Crippen molar-refractivity contribution in [3.8, 4) is 0 Å². The lowest BCUT2D eigenvalue weighted by Gasteiger charge is -2.38. The van der Waals surface area contributed by atoms with Crippen molar-refractivity contribution in [1.29, 1.82) is 0 Å². The van der Waals surface area contributed by atoms with E-state index >= 15 is 0 Å². The van der Waals surface area contributed by atoms with Gasteiger partial charge >= 0.3 is 0 Å². The summed E-state index contributed by atoms with van der Waals surface area (Å²) in [6.45, 7) is 3.83. The van der Waals surface area contributed by atoms with Gasteiger partial charge in [-0.15, -0.1) is 0 Å². The van der Waals surface area contributed by atoms with Crippen molar-refractivity contribution in [3.63, 3.8) is 0 Å². The van der Waals surface area contributed by atoms with Crippen molar-refractivity contribution in [3.05, 3.63) is 41.8 Å². The highest BCUT2D eigenvalue weighted by atomic mass is 35.5. The molecule has 3 aromatic heterocycles. The lowest BCUT2D eigenvalue weighted by Crippen LogP contribution is -2.40. The Morgan fingerprint density at radius 3 is 2.75 bits per heavy atom. The molecule has 8 heteroatoms. The molecule has 0 radical (unpaired) electrons. The minimum Gasteiger partial charge on any atom is -0.381 e. The van der Waals surface area contributed by atoms with Gasteiger partial charge in [0.2, 0.25) is 0 Å². The molecule has 2 aliphatic rings. The summed E-state index contributed by atoms with van der Waals surface area (Å²) in [6.07, 6.45) is 8.71. The first-order chi connectivity index (χ1) is 13.7. The van der Waals surface area contributed by atoms with Crippen LogP contribution in [0.5, 0.6) is 0 Å². The highest BCUT2D eigenvalue weighted by molar-refractivity contribution is 7.99. The largest absolute Gasteiger partial charge is 0.381 e. The monoisotopic (exact) mass is 413 g/mol. The van der Waals surface area contributed by atoms with E-state index in [9.17, 15) is 0 Å². The Bertz CT molecular complexity index is 1000. The van der Waals surface area contributed by atoms with E-state index in [2.05, 4.69) is 19.9 Å². The van der Waals surface area contributed by atoms with Crippen molar-refractivity contribution in [2.45, 2.75) is 29.2 Å². The Labute approximate surface area is 172 Å². The number of hydrogen-bond donors (Lipinski definition) is 0. The molecule has 0 aliphatic carbocycles. The first kappa shape index (κ1) is 18.1. The number of ether oxygens (including phenoxy) is 1. The van der Waals surface area contributed by atoms with Crippen LogP contribution in [0.3, 0.4) is 0 Å². The van der Waals surface area contributed by atoms with E-state index in [0.717, 1.165) is 60.4 Å². The van der Waals surface area contributed by atoms with Gasteiger partial charge in [0.1, 0.15) is 16.4 Å². The number of rotatable bonds is 3. The average Bonchev–Trinajstić information content (AvgIpc) is 3.18. The molecule has 5 heterocycles. The fourth-order valence-corrected chi connectivity index (χ4v) is 4.91. The zero-order valence-electron chi connectivity index (χ0n) is 15.3. The maximum Gasteiger partial charge on any atom is 0.179 e. The van der Waals surface area contributed by atoms with Gasteiger partial charge in [0.05, 0.1) is 17.8 Å². The van der Waals surface area contributed by atoms with Gasteiger partial charge in [-0.25, -0.2) is 15.0 Å². The predicted octanol–water partition coefficient (Wildman–Crippen LogP) is 4.23. The summed E-state index contributed by atoms with van der Waals surface area (Å²) < 4.78 is 5.63. The highest BCUT2D eigenvalue weighted by Crippen LogP contribution is 2.40. The second-order valence-corrected chi connectivity index (χ2v) is 8.89. The molecule has 2 saturated heterocycles. The molecule has 144 valence electrons. The number of hydrogen-bond acceptors (Lipinski definition) is 7. The summed E-state index contributed by atoms with van der Waals surface area (Å²) in [5.74, 6) is 0.931. The first-order valence-electron chi connectivity index (χ1n) is 9.45. The number of aromatic nitrogens is 4. The standard InChI is InChI=1S/C20H20ClN5OS/c21-14-11-22-7-3-16(14)28-18-2-1-15-19(25-18)23-12-17(24-15)26-8-4-20(5-9-26)6-10-27-13-20/h1-3,7,11-12H,4-6,8-10,13H2. The minimum absolute atomic E-state index is 0.392. The number of nitrogens with zero attached hydrogens (tertiary/aromatic N) is 5. The Morgan fingerprint density at radius 1 is 1.07 bits per heavy atom. The fraction of sp³-hybridized carbons (Fsp3) is 0.400. The molecule has 0 saturated carbocycles. The first-order valence-corrected chi connectivity index (χ1v) is 10.6. The Kier molecular flexibility index (Phi) is 4.82. The third-order valence-corrected chi connectivity index (χ3v) is 7.07. The molecule has 0 bridgehead atoms. The van der Waals surface area contributed by atoms with Gasteiger partial charge in [0.15, 0.2) is 5.65 Å². The van der Waals surface area contributed by atoms with Crippen LogP contribution in [0, 0.1) is 5.41 Å². The van der Waals surface area contributed by atoms with Gasteiger partial charge in [-0.2, -0.15) is 0 Å². The number of fused-ring (bicyclic) bond motifs is 1. The zero-order chi connectivity index (χ0) is 19.0. The molecule has 0 atom stereocenters. The molecule has 6 nitrogen and oxygen atoms in total. The minimum atomic E-state index is 0.392. The zero-order valence-corrected chi connectivity index (χ0v) is 16.9. The van der Waals surface area contributed by atoms with E-state index in [0.29, 0.717) is 16.1 Å². The predicted molar refractivity (Wildman–Crippen MR) is 110 cm³/mol. The Morgan fingerprint density at radius 2 is 1.96 bits per heavy atom. The highest BCUT2D eigenvalue weighted by Gasteiger charge is 2.38. The van der Waals surface area contributed by atoms with Crippen molar-refractivity contribution >= 4 is 40.3 Å². The van der Waals surface area contributed by atoms with Gasteiger partial charge in [0.25, 0.3) is 0 Å². The smallest absolute Gasteiger partial charge is 0.179 e. The van der Waals surface area contributed by atoms with Crippen LogP contribution < -0.4 is 4.90 Å². The normalized spacial score (nSPS) is 18.8. The van der Waals surface area contributed by atoms with Crippen LogP contribution in [-0.2, 0) is 4.74 Å². The van der Waals surface area contributed by atoms with Crippen LogP contribution >= 0.6 is 23.4 Å². The quantitative estimate of drug-likeness (QED) is 0.636. The lowest BCUT2D eigenvalue weighted by molar-refractivity contribution is 0.133. The Hall–Kier alpha value is -1.96. The molecule has 28 heavy (non-hydrogen) atoms. The third-order valence-electron chi connectivity index (χ3n) is 5.65. The van der Waals surface area contributed by atoms with Crippen molar-refractivity contribution in [2.75, 3.05) is 31.2 Å². The van der Waals surface area contributed by atoms with Crippen molar-refractivity contribution in [1.82, 2.24) is 19.9 Å². The van der Waals surface area contributed by atoms with Crippen molar-refractivity contribution in [2.24, 2.45) is 5.41 Å². The second kappa shape index (κ2) is 7.46. The van der Waals surface area contributed by atoms with Gasteiger partial charge in [-0.1, -0.05) is 23.4 Å². The third kappa shape index (κ3) is 3.54. The van der Waals surface area contributed by atoms with E-state index in [4.69, 9.17) is 21.3 Å². The number of anilines is 1. The molecule has 3 aromatic rings. The van der Waals surface area contributed by atoms with Crippen LogP contribution in [0.4, 0.5) is 5.82 Å². The van der Waals surface area contributed by atoms with Gasteiger partial charge in [0, 0.05) is 37.0 Å². The molecule has 2 aliphatic heterocycles. The SMILES string of the molecule is Clc1cnccc1Sc1ccc2nc(N3CCC4(CCOC4)CC3)cnc2n1. The number of halogens is 1. The molecule has 1 spiro atoms. The molecule has 5 rings (SSSR count).